The maximum Gasteiger partial charge on any atom is 0.238 e. The average Bonchev–Trinajstić information content (AvgIpc) is 3.02. The molecule has 2 aromatic carbocycles. The molecule has 1 amide bonds. The van der Waals surface area contributed by atoms with Crippen LogP contribution in [0.3, 0.4) is 0 Å². The number of hydrogen-bond donors (Lipinski definition) is 1. The first-order valence-electron chi connectivity index (χ1n) is 10.6. The van der Waals surface area contributed by atoms with Gasteiger partial charge in [0.15, 0.2) is 21.5 Å². The Balaban J connectivity index is 1.42. The van der Waals surface area contributed by atoms with Crippen LogP contribution in [0.25, 0.3) is 0 Å². The third kappa shape index (κ3) is 4.54. The van der Waals surface area contributed by atoms with E-state index >= 15 is 0 Å². The average molecular weight is 467 g/mol. The highest BCUT2D eigenvalue weighted by molar-refractivity contribution is 7.92. The predicted octanol–water partition coefficient (Wildman–Crippen LogP) is 3.22. The van der Waals surface area contributed by atoms with Crippen molar-refractivity contribution < 1.29 is 26.4 Å². The summed E-state index contributed by atoms with van der Waals surface area (Å²) in [6.45, 7) is 0. The predicted molar refractivity (Wildman–Crippen MR) is 113 cm³/mol. The molecule has 0 spiro atoms. The minimum absolute atomic E-state index is 0.0243. The molecular weight excluding hydrogens is 441 g/mol. The van der Waals surface area contributed by atoms with Gasteiger partial charge >= 0.3 is 0 Å². The van der Waals surface area contributed by atoms with Crippen molar-refractivity contribution in [1.82, 2.24) is 4.90 Å². The second-order valence-corrected chi connectivity index (χ2v) is 10.7. The highest BCUT2D eigenvalue weighted by atomic mass is 32.2. The first-order chi connectivity index (χ1) is 15.2. The lowest BCUT2D eigenvalue weighted by Gasteiger charge is -2.41. The molecule has 2 bridgehead atoms. The molecule has 0 aliphatic carbocycles. The Bertz CT molecular complexity index is 1100. The summed E-state index contributed by atoms with van der Waals surface area (Å²) in [6, 6.07) is 8.51. The van der Waals surface area contributed by atoms with Gasteiger partial charge in [0.05, 0.1) is 4.90 Å². The molecule has 32 heavy (non-hydrogen) atoms. The minimum atomic E-state index is -3.73. The zero-order valence-electron chi connectivity index (χ0n) is 17.4. The van der Waals surface area contributed by atoms with E-state index in [0.29, 0.717) is 18.9 Å². The van der Waals surface area contributed by atoms with Crippen molar-refractivity contribution in [2.24, 2.45) is 11.7 Å². The van der Waals surface area contributed by atoms with Gasteiger partial charge in [0.1, 0.15) is 11.6 Å². The molecule has 0 aromatic heterocycles. The van der Waals surface area contributed by atoms with Crippen LogP contribution >= 0.6 is 0 Å². The minimum Gasteiger partial charge on any atom is -0.336 e. The van der Waals surface area contributed by atoms with Crippen molar-refractivity contribution in [2.45, 2.75) is 55.1 Å². The Morgan fingerprint density at radius 3 is 2.22 bits per heavy atom. The molecule has 5 nitrogen and oxygen atoms in total. The molecule has 2 saturated heterocycles. The topological polar surface area (TPSA) is 80.5 Å². The number of halogens is 3. The van der Waals surface area contributed by atoms with Gasteiger partial charge in [-0.25, -0.2) is 21.6 Å². The zero-order chi connectivity index (χ0) is 23.0. The summed E-state index contributed by atoms with van der Waals surface area (Å²) < 4.78 is 65.9. The van der Waals surface area contributed by atoms with Gasteiger partial charge in [-0.15, -0.1) is 0 Å². The Labute approximate surface area is 185 Å². The number of sulfone groups is 1. The van der Waals surface area contributed by atoms with Crippen LogP contribution in [0, 0.1) is 23.4 Å². The van der Waals surface area contributed by atoms with E-state index in [4.69, 9.17) is 5.73 Å². The standard InChI is InChI=1S/C23H25F3N2O3S/c24-19-12-21(26)20(25)10-14(19)11-22(27)15-8-16-6-7-17(9-15)28(16)23(29)13-32(30,31)18-4-2-1-3-5-18/h1-5,10,12,15-17,22H,6-9,11,13,27H2/t16-,17-,22-/m1/s1. The Hall–Kier alpha value is -2.39. The summed E-state index contributed by atoms with van der Waals surface area (Å²) in [5, 5.41) is 0. The van der Waals surface area contributed by atoms with Crippen LogP contribution in [0.15, 0.2) is 47.4 Å². The zero-order valence-corrected chi connectivity index (χ0v) is 18.2. The van der Waals surface area contributed by atoms with E-state index in [2.05, 4.69) is 0 Å². The number of nitrogens with two attached hydrogens (primary N) is 1. The number of benzene rings is 2. The monoisotopic (exact) mass is 466 g/mol. The Kier molecular flexibility index (Phi) is 6.31. The van der Waals surface area contributed by atoms with Gasteiger partial charge in [0.25, 0.3) is 0 Å². The smallest absolute Gasteiger partial charge is 0.238 e. The largest absolute Gasteiger partial charge is 0.336 e. The van der Waals surface area contributed by atoms with E-state index in [1.165, 1.54) is 12.1 Å². The summed E-state index contributed by atoms with van der Waals surface area (Å²) in [5.41, 5.74) is 6.33. The number of nitrogens with zero attached hydrogens (tertiary/aromatic N) is 1. The second kappa shape index (κ2) is 8.86. The third-order valence-electron chi connectivity index (χ3n) is 6.62. The molecule has 2 heterocycles. The third-order valence-corrected chi connectivity index (χ3v) is 8.24. The highest BCUT2D eigenvalue weighted by Gasteiger charge is 2.45. The molecule has 2 aromatic rings. The normalized spacial score (nSPS) is 23.9. The number of fused-ring (bicyclic) bond motifs is 2. The van der Waals surface area contributed by atoms with Crippen LogP contribution in [0.5, 0.6) is 0 Å². The fourth-order valence-electron chi connectivity index (χ4n) is 5.06. The second-order valence-electron chi connectivity index (χ2n) is 8.72. The van der Waals surface area contributed by atoms with Crippen LogP contribution < -0.4 is 5.73 Å². The maximum atomic E-state index is 14.0. The van der Waals surface area contributed by atoms with Crippen LogP contribution in [0.1, 0.15) is 31.2 Å². The molecule has 9 heteroatoms. The summed E-state index contributed by atoms with van der Waals surface area (Å²) in [5.74, 6) is -4.22. The van der Waals surface area contributed by atoms with E-state index < -0.39 is 45.0 Å². The quantitative estimate of drug-likeness (QED) is 0.663. The van der Waals surface area contributed by atoms with Crippen molar-refractivity contribution in [3.63, 3.8) is 0 Å². The molecule has 2 fully saturated rings. The molecule has 0 radical (unpaired) electrons. The van der Waals surface area contributed by atoms with Crippen LogP contribution in [-0.2, 0) is 21.1 Å². The fourth-order valence-corrected chi connectivity index (χ4v) is 6.28. The molecule has 4 rings (SSSR count). The van der Waals surface area contributed by atoms with Gasteiger partial charge in [0.2, 0.25) is 5.91 Å². The number of amides is 1. The molecular formula is C23H25F3N2O3S. The van der Waals surface area contributed by atoms with Crippen molar-refractivity contribution in [3.05, 3.63) is 65.5 Å². The van der Waals surface area contributed by atoms with Gasteiger partial charge in [-0.1, -0.05) is 18.2 Å². The Morgan fingerprint density at radius 1 is 1.00 bits per heavy atom. The number of carbonyl (C=O) groups excluding carboxylic acids is 1. The van der Waals surface area contributed by atoms with E-state index in [1.54, 1.807) is 23.1 Å². The lowest BCUT2D eigenvalue weighted by atomic mass is 9.82. The van der Waals surface area contributed by atoms with Crippen LogP contribution in [0.4, 0.5) is 13.2 Å². The number of rotatable bonds is 6. The maximum absolute atomic E-state index is 14.0. The lowest BCUT2D eigenvalue weighted by molar-refractivity contribution is -0.133. The molecule has 3 atom stereocenters. The van der Waals surface area contributed by atoms with Gasteiger partial charge in [0, 0.05) is 24.2 Å². The van der Waals surface area contributed by atoms with E-state index in [-0.39, 0.29) is 34.9 Å². The van der Waals surface area contributed by atoms with Gasteiger partial charge in [-0.05, 0) is 61.8 Å². The lowest BCUT2D eigenvalue weighted by Crippen LogP contribution is -2.51. The molecule has 0 saturated carbocycles. The van der Waals surface area contributed by atoms with Crippen molar-refractivity contribution in [1.29, 1.82) is 0 Å². The first-order valence-corrected chi connectivity index (χ1v) is 12.3. The molecule has 2 aliphatic heterocycles. The van der Waals surface area contributed by atoms with Gasteiger partial charge in [-0.3, -0.25) is 4.79 Å². The van der Waals surface area contributed by atoms with Gasteiger partial charge in [-0.2, -0.15) is 0 Å². The number of piperidine rings is 1. The molecule has 2 N–H and O–H groups in total. The molecule has 172 valence electrons. The van der Waals surface area contributed by atoms with Crippen LogP contribution in [-0.4, -0.2) is 43.1 Å². The Morgan fingerprint density at radius 2 is 1.59 bits per heavy atom. The number of carbonyl (C=O) groups is 1. The van der Waals surface area contributed by atoms with Crippen LogP contribution in [0.2, 0.25) is 0 Å². The van der Waals surface area contributed by atoms with E-state index in [9.17, 15) is 26.4 Å². The van der Waals surface area contributed by atoms with Crippen molar-refractivity contribution in [2.75, 3.05) is 5.75 Å². The van der Waals surface area contributed by atoms with Gasteiger partial charge < -0.3 is 10.6 Å². The van der Waals surface area contributed by atoms with E-state index in [1.807, 2.05) is 0 Å². The summed E-state index contributed by atoms with van der Waals surface area (Å²) in [7, 11) is -3.73. The summed E-state index contributed by atoms with van der Waals surface area (Å²) in [6.07, 6.45) is 2.71. The number of hydrogen-bond acceptors (Lipinski definition) is 4. The summed E-state index contributed by atoms with van der Waals surface area (Å²) in [4.78, 5) is 14.7. The fraction of sp³-hybridized carbons (Fsp3) is 0.435. The SMILES string of the molecule is N[C@H](Cc1cc(F)c(F)cc1F)C1C[C@H]2CC[C@H](C1)N2C(=O)CS(=O)(=O)c1ccccc1. The van der Waals surface area contributed by atoms with Crippen molar-refractivity contribution >= 4 is 15.7 Å². The summed E-state index contributed by atoms with van der Waals surface area (Å²) >= 11 is 0. The van der Waals surface area contributed by atoms with Crippen molar-refractivity contribution in [3.8, 4) is 0 Å². The molecule has 2 aliphatic rings. The highest BCUT2D eigenvalue weighted by Crippen LogP contribution is 2.40. The molecule has 0 unspecified atom stereocenters. The van der Waals surface area contributed by atoms with E-state index in [0.717, 1.165) is 18.9 Å². The first kappa shape index (κ1) is 22.8.